The highest BCUT2D eigenvalue weighted by Crippen LogP contribution is 2.33. The van der Waals surface area contributed by atoms with Crippen molar-refractivity contribution < 1.29 is 8.42 Å². The normalized spacial score (nSPS) is 18.5. The molecule has 2 rings (SSSR count). The zero-order valence-electron chi connectivity index (χ0n) is 8.35. The largest absolute Gasteiger partial charge is 0.304 e. The topological polar surface area (TPSA) is 64.8 Å². The molecule has 1 saturated carbocycles. The molecule has 1 aromatic rings. The summed E-state index contributed by atoms with van der Waals surface area (Å²) in [5.74, 6) is 1.06. The maximum atomic E-state index is 11.1. The van der Waals surface area contributed by atoms with Gasteiger partial charge in [0.15, 0.2) is 0 Å². The summed E-state index contributed by atoms with van der Waals surface area (Å²) in [6, 6.07) is 0. The third kappa shape index (κ3) is 2.01. The van der Waals surface area contributed by atoms with Crippen molar-refractivity contribution in [2.24, 2.45) is 7.05 Å². The summed E-state index contributed by atoms with van der Waals surface area (Å²) in [6.07, 6.45) is 4.43. The van der Waals surface area contributed by atoms with E-state index in [0.29, 0.717) is 5.92 Å². The highest BCUT2D eigenvalue weighted by Gasteiger charge is 2.26. The third-order valence-electron chi connectivity index (χ3n) is 2.81. The molecule has 0 aliphatic heterocycles. The highest BCUT2D eigenvalue weighted by molar-refractivity contribution is 8.13. The average molecular weight is 250 g/mol. The fourth-order valence-corrected chi connectivity index (χ4v) is 3.04. The first-order valence-corrected chi connectivity index (χ1v) is 7.15. The molecule has 15 heavy (non-hydrogen) atoms. The second-order valence-corrected chi connectivity index (χ2v) is 6.28. The van der Waals surface area contributed by atoms with Crippen LogP contribution in [0.3, 0.4) is 0 Å². The molecule has 5 nitrogen and oxygen atoms in total. The first-order valence-electron chi connectivity index (χ1n) is 4.84. The molecular formula is C8H12ClN3O2S. The lowest BCUT2D eigenvalue weighted by molar-refractivity contribution is 0.580. The molecule has 84 valence electrons. The van der Waals surface area contributed by atoms with Crippen molar-refractivity contribution in [1.29, 1.82) is 0 Å². The van der Waals surface area contributed by atoms with E-state index in [1.165, 1.54) is 17.4 Å². The standard InChI is InChI=1S/C8H12ClN3O2S/c1-12-7(6-4-2-3-5-6)10-11-8(12)15(9,13)14/h6H,2-5H2,1H3. The van der Waals surface area contributed by atoms with Gasteiger partial charge >= 0.3 is 0 Å². The van der Waals surface area contributed by atoms with Gasteiger partial charge in [0.1, 0.15) is 5.82 Å². The zero-order valence-corrected chi connectivity index (χ0v) is 9.92. The van der Waals surface area contributed by atoms with E-state index in [-0.39, 0.29) is 5.16 Å². The monoisotopic (exact) mass is 249 g/mol. The van der Waals surface area contributed by atoms with Crippen LogP contribution in [-0.4, -0.2) is 23.2 Å². The average Bonchev–Trinajstić information content (AvgIpc) is 2.69. The minimum atomic E-state index is -3.78. The second-order valence-electron chi connectivity index (χ2n) is 3.82. The Morgan fingerprint density at radius 3 is 2.40 bits per heavy atom. The lowest BCUT2D eigenvalue weighted by atomic mass is 10.1. The number of halogens is 1. The van der Waals surface area contributed by atoms with Crippen molar-refractivity contribution in [3.05, 3.63) is 5.82 Å². The van der Waals surface area contributed by atoms with Gasteiger partial charge in [-0.15, -0.1) is 10.2 Å². The summed E-state index contributed by atoms with van der Waals surface area (Å²) >= 11 is 0. The van der Waals surface area contributed by atoms with Gasteiger partial charge in [-0.25, -0.2) is 8.42 Å². The quantitative estimate of drug-likeness (QED) is 0.744. The van der Waals surface area contributed by atoms with Gasteiger partial charge in [-0.05, 0) is 12.8 Å². The molecule has 0 bridgehead atoms. The van der Waals surface area contributed by atoms with Gasteiger partial charge in [0, 0.05) is 23.6 Å². The fraction of sp³-hybridized carbons (Fsp3) is 0.750. The number of hydrogen-bond donors (Lipinski definition) is 0. The van der Waals surface area contributed by atoms with E-state index >= 15 is 0 Å². The molecule has 0 amide bonds. The van der Waals surface area contributed by atoms with Gasteiger partial charge in [0.05, 0.1) is 0 Å². The summed E-state index contributed by atoms with van der Waals surface area (Å²) < 4.78 is 23.7. The fourth-order valence-electron chi connectivity index (χ4n) is 2.08. The molecular weight excluding hydrogens is 238 g/mol. The van der Waals surface area contributed by atoms with Crippen LogP contribution in [0.4, 0.5) is 0 Å². The van der Waals surface area contributed by atoms with E-state index in [4.69, 9.17) is 10.7 Å². The van der Waals surface area contributed by atoms with Gasteiger partial charge in [0.25, 0.3) is 14.2 Å². The second kappa shape index (κ2) is 3.75. The number of aromatic nitrogens is 3. The molecule has 0 saturated heterocycles. The van der Waals surface area contributed by atoms with Crippen LogP contribution in [0.25, 0.3) is 0 Å². The molecule has 1 fully saturated rings. The van der Waals surface area contributed by atoms with Crippen LogP contribution in [0.2, 0.25) is 0 Å². The Labute approximate surface area is 92.9 Å². The maximum Gasteiger partial charge on any atom is 0.296 e. The van der Waals surface area contributed by atoms with Crippen LogP contribution < -0.4 is 0 Å². The van der Waals surface area contributed by atoms with Gasteiger partial charge in [-0.2, -0.15) is 0 Å². The molecule has 1 aliphatic rings. The Kier molecular flexibility index (Phi) is 2.72. The van der Waals surface area contributed by atoms with Crippen LogP contribution in [0.15, 0.2) is 5.16 Å². The minimum absolute atomic E-state index is 0.161. The number of rotatable bonds is 2. The molecule has 0 N–H and O–H groups in total. The summed E-state index contributed by atoms with van der Waals surface area (Å²) in [4.78, 5) is 0. The molecule has 0 radical (unpaired) electrons. The molecule has 0 atom stereocenters. The predicted molar refractivity (Wildman–Crippen MR) is 55.3 cm³/mol. The zero-order chi connectivity index (χ0) is 11.1. The van der Waals surface area contributed by atoms with Crippen LogP contribution in [0.1, 0.15) is 37.4 Å². The Balaban J connectivity index is 2.39. The van der Waals surface area contributed by atoms with Crippen molar-refractivity contribution in [2.75, 3.05) is 0 Å². The molecule has 1 heterocycles. The summed E-state index contributed by atoms with van der Waals surface area (Å²) in [5, 5.41) is 7.38. The summed E-state index contributed by atoms with van der Waals surface area (Å²) in [7, 11) is 3.09. The number of hydrogen-bond acceptors (Lipinski definition) is 4. The van der Waals surface area contributed by atoms with E-state index in [2.05, 4.69) is 10.2 Å². The molecule has 1 aromatic heterocycles. The van der Waals surface area contributed by atoms with E-state index in [9.17, 15) is 8.42 Å². The Hall–Kier alpha value is -0.620. The van der Waals surface area contributed by atoms with E-state index in [0.717, 1.165) is 18.7 Å². The predicted octanol–water partition coefficient (Wildman–Crippen LogP) is 1.40. The van der Waals surface area contributed by atoms with Crippen LogP contribution in [0.5, 0.6) is 0 Å². The molecule has 0 spiro atoms. The molecule has 0 aromatic carbocycles. The van der Waals surface area contributed by atoms with Crippen molar-refractivity contribution >= 4 is 19.7 Å². The van der Waals surface area contributed by atoms with Crippen molar-refractivity contribution in [2.45, 2.75) is 36.8 Å². The lowest BCUT2D eigenvalue weighted by Gasteiger charge is -2.07. The Morgan fingerprint density at radius 1 is 1.33 bits per heavy atom. The SMILES string of the molecule is Cn1c(C2CCCC2)nnc1S(=O)(=O)Cl. The van der Waals surface area contributed by atoms with Gasteiger partial charge in [-0.3, -0.25) is 0 Å². The first kappa shape index (κ1) is 10.9. The van der Waals surface area contributed by atoms with Crippen LogP contribution in [-0.2, 0) is 16.1 Å². The van der Waals surface area contributed by atoms with Gasteiger partial charge in [0.2, 0.25) is 0 Å². The molecule has 0 unspecified atom stereocenters. The number of nitrogens with zero attached hydrogens (tertiary/aromatic N) is 3. The molecule has 1 aliphatic carbocycles. The Morgan fingerprint density at radius 2 is 1.93 bits per heavy atom. The minimum Gasteiger partial charge on any atom is -0.304 e. The van der Waals surface area contributed by atoms with Crippen molar-refractivity contribution in [3.63, 3.8) is 0 Å². The van der Waals surface area contributed by atoms with Gasteiger partial charge < -0.3 is 4.57 Å². The smallest absolute Gasteiger partial charge is 0.296 e. The summed E-state index contributed by atoms with van der Waals surface area (Å²) in [6.45, 7) is 0. The highest BCUT2D eigenvalue weighted by atomic mass is 35.7. The van der Waals surface area contributed by atoms with Crippen molar-refractivity contribution in [3.8, 4) is 0 Å². The van der Waals surface area contributed by atoms with E-state index < -0.39 is 9.05 Å². The molecule has 7 heteroatoms. The van der Waals surface area contributed by atoms with E-state index in [1.807, 2.05) is 0 Å². The Bertz CT molecular complexity index is 462. The van der Waals surface area contributed by atoms with Gasteiger partial charge in [-0.1, -0.05) is 12.8 Å². The first-order chi connectivity index (χ1) is 7.00. The van der Waals surface area contributed by atoms with Crippen LogP contribution >= 0.6 is 10.7 Å². The lowest BCUT2D eigenvalue weighted by Crippen LogP contribution is -2.07. The van der Waals surface area contributed by atoms with E-state index in [1.54, 1.807) is 7.05 Å². The maximum absolute atomic E-state index is 11.1. The summed E-state index contributed by atoms with van der Waals surface area (Å²) in [5.41, 5.74) is 0. The third-order valence-corrected chi connectivity index (χ3v) is 4.01. The van der Waals surface area contributed by atoms with Crippen LogP contribution in [0, 0.1) is 0 Å². The van der Waals surface area contributed by atoms with Crippen molar-refractivity contribution in [1.82, 2.24) is 14.8 Å².